The lowest BCUT2D eigenvalue weighted by atomic mass is 9.78. The third-order valence-electron chi connectivity index (χ3n) is 3.87. The van der Waals surface area contributed by atoms with Gasteiger partial charge in [0.25, 0.3) is 0 Å². The number of nitrogens with one attached hydrogen (secondary N) is 1. The molecule has 0 spiro atoms. The number of hydrogen-bond donors (Lipinski definition) is 2. The Hall–Kier alpha value is -1.13. The summed E-state index contributed by atoms with van der Waals surface area (Å²) in [6.07, 6.45) is 7.02. The molecule has 1 heterocycles. The highest BCUT2D eigenvalue weighted by Gasteiger charge is 2.35. The van der Waals surface area contributed by atoms with E-state index >= 15 is 0 Å². The van der Waals surface area contributed by atoms with E-state index in [0.29, 0.717) is 12.6 Å². The molecule has 0 bridgehead atoms. The van der Waals surface area contributed by atoms with Gasteiger partial charge in [0.1, 0.15) is 5.75 Å². The molecular formula is C15H24N2O2. The number of hydrogen-bond acceptors (Lipinski definition) is 4. The van der Waals surface area contributed by atoms with Gasteiger partial charge in [0.2, 0.25) is 0 Å². The number of pyridine rings is 1. The highest BCUT2D eigenvalue weighted by atomic mass is 16.5. The largest absolute Gasteiger partial charge is 0.492 e. The maximum atomic E-state index is 10.8. The molecule has 1 aromatic heterocycles. The first-order chi connectivity index (χ1) is 9.18. The summed E-state index contributed by atoms with van der Waals surface area (Å²) in [5, 5.41) is 14.3. The van der Waals surface area contributed by atoms with Crippen LogP contribution < -0.4 is 10.1 Å². The molecule has 1 aromatic rings. The second-order valence-electron chi connectivity index (χ2n) is 5.21. The van der Waals surface area contributed by atoms with Crippen LogP contribution in [0.1, 0.15) is 45.1 Å². The lowest BCUT2D eigenvalue weighted by molar-refractivity contribution is -0.00863. The minimum Gasteiger partial charge on any atom is -0.492 e. The fraction of sp³-hybridized carbons (Fsp3) is 0.667. The predicted octanol–water partition coefficient (Wildman–Crippen LogP) is 2.22. The van der Waals surface area contributed by atoms with Gasteiger partial charge in [0, 0.05) is 17.8 Å². The summed E-state index contributed by atoms with van der Waals surface area (Å²) in [4.78, 5) is 4.18. The average molecular weight is 264 g/mol. The van der Waals surface area contributed by atoms with Crippen LogP contribution in [0.25, 0.3) is 0 Å². The molecule has 0 radical (unpaired) electrons. The van der Waals surface area contributed by atoms with Gasteiger partial charge in [-0.15, -0.1) is 0 Å². The quantitative estimate of drug-likeness (QED) is 0.856. The summed E-state index contributed by atoms with van der Waals surface area (Å²) in [6, 6.07) is 2.46. The van der Waals surface area contributed by atoms with Crippen LogP contribution in [0.15, 0.2) is 18.5 Å². The molecule has 4 nitrogen and oxygen atoms in total. The summed E-state index contributed by atoms with van der Waals surface area (Å²) in [7, 11) is 0. The minimum absolute atomic E-state index is 0.535. The van der Waals surface area contributed by atoms with E-state index in [-0.39, 0.29) is 0 Å². The van der Waals surface area contributed by atoms with Gasteiger partial charge in [0.15, 0.2) is 0 Å². The van der Waals surface area contributed by atoms with Gasteiger partial charge in [-0.05, 0) is 45.2 Å². The van der Waals surface area contributed by atoms with Crippen molar-refractivity contribution < 1.29 is 9.84 Å². The van der Waals surface area contributed by atoms with E-state index < -0.39 is 5.60 Å². The molecule has 0 aromatic carbocycles. The molecule has 1 saturated carbocycles. The lowest BCUT2D eigenvalue weighted by Gasteiger charge is -2.36. The van der Waals surface area contributed by atoms with Crippen molar-refractivity contribution in [1.82, 2.24) is 10.3 Å². The van der Waals surface area contributed by atoms with Crippen LogP contribution in [0, 0.1) is 0 Å². The van der Waals surface area contributed by atoms with Crippen molar-refractivity contribution in [3.8, 4) is 5.75 Å². The van der Waals surface area contributed by atoms with Gasteiger partial charge in [-0.3, -0.25) is 4.98 Å². The Balaban J connectivity index is 2.06. The van der Waals surface area contributed by atoms with Gasteiger partial charge in [0.05, 0.1) is 18.4 Å². The van der Waals surface area contributed by atoms with Crippen molar-refractivity contribution in [2.45, 2.75) is 51.2 Å². The van der Waals surface area contributed by atoms with Crippen molar-refractivity contribution >= 4 is 0 Å². The Kier molecular flexibility index (Phi) is 4.77. The Labute approximate surface area is 115 Å². The van der Waals surface area contributed by atoms with Crippen LogP contribution in [0.5, 0.6) is 5.75 Å². The number of nitrogens with zero attached hydrogens (tertiary/aromatic N) is 1. The van der Waals surface area contributed by atoms with E-state index in [1.54, 1.807) is 12.4 Å². The Morgan fingerprint density at radius 2 is 2.11 bits per heavy atom. The molecule has 106 valence electrons. The van der Waals surface area contributed by atoms with Gasteiger partial charge in [-0.2, -0.15) is 0 Å². The second-order valence-corrected chi connectivity index (χ2v) is 5.21. The topological polar surface area (TPSA) is 54.4 Å². The first-order valence-electron chi connectivity index (χ1n) is 7.22. The average Bonchev–Trinajstić information content (AvgIpc) is 2.43. The van der Waals surface area contributed by atoms with E-state index in [9.17, 15) is 5.11 Å². The Morgan fingerprint density at radius 1 is 1.37 bits per heavy atom. The fourth-order valence-corrected chi connectivity index (χ4v) is 2.80. The van der Waals surface area contributed by atoms with Crippen LogP contribution in [0.4, 0.5) is 0 Å². The van der Waals surface area contributed by atoms with Gasteiger partial charge < -0.3 is 15.2 Å². The van der Waals surface area contributed by atoms with E-state index in [1.807, 2.05) is 13.0 Å². The predicted molar refractivity (Wildman–Crippen MR) is 75.2 cm³/mol. The molecular weight excluding hydrogens is 240 g/mol. The highest BCUT2D eigenvalue weighted by Crippen LogP contribution is 2.37. The molecule has 0 saturated heterocycles. The molecule has 0 aliphatic heterocycles. The standard InChI is InChI=1S/C15H24N2O2/c1-3-17-13-5-7-15(18,8-6-13)12-9-14(19-4-2)11-16-10-12/h9-11,13,17-18H,3-8H2,1-2H3. The van der Waals surface area contributed by atoms with Crippen LogP contribution in [0.2, 0.25) is 0 Å². The first-order valence-corrected chi connectivity index (χ1v) is 7.22. The summed E-state index contributed by atoms with van der Waals surface area (Å²) >= 11 is 0. The number of rotatable bonds is 5. The Bertz CT molecular complexity index is 401. The molecule has 4 heteroatoms. The first kappa shape index (κ1) is 14.3. The molecule has 1 aliphatic rings. The molecule has 0 unspecified atom stereocenters. The summed E-state index contributed by atoms with van der Waals surface area (Å²) in [6.45, 7) is 5.68. The molecule has 1 fully saturated rings. The number of ether oxygens (including phenoxy) is 1. The summed E-state index contributed by atoms with van der Waals surface area (Å²) < 4.78 is 5.46. The molecule has 1 aliphatic carbocycles. The Morgan fingerprint density at radius 3 is 2.74 bits per heavy atom. The molecule has 2 rings (SSSR count). The zero-order valence-electron chi connectivity index (χ0n) is 11.9. The van der Waals surface area contributed by atoms with Crippen LogP contribution in [-0.2, 0) is 5.60 Å². The molecule has 0 amide bonds. The summed E-state index contributed by atoms with van der Waals surface area (Å²) in [5.41, 5.74) is 0.139. The maximum absolute atomic E-state index is 10.8. The van der Waals surface area contributed by atoms with E-state index in [0.717, 1.165) is 43.5 Å². The van der Waals surface area contributed by atoms with Crippen molar-refractivity contribution in [3.05, 3.63) is 24.0 Å². The SMILES string of the molecule is CCNC1CCC(O)(c2cncc(OCC)c2)CC1. The monoisotopic (exact) mass is 264 g/mol. The van der Waals surface area contributed by atoms with Gasteiger partial charge in [-0.25, -0.2) is 0 Å². The molecule has 2 N–H and O–H groups in total. The lowest BCUT2D eigenvalue weighted by Crippen LogP contribution is -2.39. The molecule has 19 heavy (non-hydrogen) atoms. The van der Waals surface area contributed by atoms with Crippen LogP contribution in [-0.4, -0.2) is 29.3 Å². The third-order valence-corrected chi connectivity index (χ3v) is 3.87. The third kappa shape index (κ3) is 3.45. The van der Waals surface area contributed by atoms with Crippen LogP contribution in [0.3, 0.4) is 0 Å². The fourth-order valence-electron chi connectivity index (χ4n) is 2.80. The van der Waals surface area contributed by atoms with Gasteiger partial charge in [-0.1, -0.05) is 6.92 Å². The zero-order valence-corrected chi connectivity index (χ0v) is 11.9. The van der Waals surface area contributed by atoms with Gasteiger partial charge >= 0.3 is 0 Å². The van der Waals surface area contributed by atoms with Crippen molar-refractivity contribution in [1.29, 1.82) is 0 Å². The van der Waals surface area contributed by atoms with E-state index in [2.05, 4.69) is 17.2 Å². The van der Waals surface area contributed by atoms with Crippen molar-refractivity contribution in [2.75, 3.05) is 13.2 Å². The normalized spacial score (nSPS) is 27.2. The van der Waals surface area contributed by atoms with Crippen molar-refractivity contribution in [3.63, 3.8) is 0 Å². The van der Waals surface area contributed by atoms with Crippen LogP contribution >= 0.6 is 0 Å². The second kappa shape index (κ2) is 6.35. The number of aromatic nitrogens is 1. The maximum Gasteiger partial charge on any atom is 0.137 e. The smallest absolute Gasteiger partial charge is 0.137 e. The van der Waals surface area contributed by atoms with E-state index in [4.69, 9.17) is 4.74 Å². The number of aliphatic hydroxyl groups is 1. The van der Waals surface area contributed by atoms with Crippen molar-refractivity contribution in [2.24, 2.45) is 0 Å². The minimum atomic E-state index is -0.744. The molecule has 0 atom stereocenters. The zero-order chi connectivity index (χ0) is 13.7. The van der Waals surface area contributed by atoms with E-state index in [1.165, 1.54) is 0 Å². The summed E-state index contributed by atoms with van der Waals surface area (Å²) in [5.74, 6) is 0.738. The highest BCUT2D eigenvalue weighted by molar-refractivity contribution is 5.28.